The van der Waals surface area contributed by atoms with Crippen LogP contribution in [0, 0.1) is 0 Å². The summed E-state index contributed by atoms with van der Waals surface area (Å²) < 4.78 is 7.40. The number of rotatable bonds is 2. The molecule has 15 heavy (non-hydrogen) atoms. The van der Waals surface area contributed by atoms with E-state index in [4.69, 9.17) is 1.37 Å². The molecule has 74 valence electrons. The number of carbonyl (C=O) groups is 1. The summed E-state index contributed by atoms with van der Waals surface area (Å²) in [6.07, 6.45) is 0. The van der Waals surface area contributed by atoms with Crippen molar-refractivity contribution < 1.29 is 6.17 Å². The highest BCUT2D eigenvalue weighted by Crippen LogP contribution is 2.19. The van der Waals surface area contributed by atoms with Gasteiger partial charge in [-0.05, 0) is 18.1 Å². The molecule has 0 atom stereocenters. The topological polar surface area (TPSA) is 17.1 Å². The molecule has 0 amide bonds. The van der Waals surface area contributed by atoms with Gasteiger partial charge in [0.2, 0.25) is 0 Å². The second-order valence-corrected chi connectivity index (χ2v) is 3.42. The Morgan fingerprint density at radius 2 is 1.53 bits per heavy atom. The van der Waals surface area contributed by atoms with Crippen LogP contribution in [0.3, 0.4) is 0 Å². The Labute approximate surface area is 90.8 Å². The van der Waals surface area contributed by atoms with Crippen molar-refractivity contribution in [3.05, 3.63) is 60.1 Å². The van der Waals surface area contributed by atoms with Gasteiger partial charge in [-0.1, -0.05) is 54.6 Å². The summed E-state index contributed by atoms with van der Waals surface area (Å²) in [5.74, 6) is 0.0769. The smallest absolute Gasteiger partial charge is 0.159 e. The van der Waals surface area contributed by atoms with Gasteiger partial charge in [0.25, 0.3) is 0 Å². The number of ketones is 1. The SMILES string of the molecule is [2H]c1ccc(-c2ccc(C(C)=O)cc2)cc1. The van der Waals surface area contributed by atoms with Crippen LogP contribution in [0.15, 0.2) is 54.6 Å². The highest BCUT2D eigenvalue weighted by atomic mass is 16.1. The summed E-state index contributed by atoms with van der Waals surface area (Å²) in [6.45, 7) is 1.56. The fourth-order valence-corrected chi connectivity index (χ4v) is 1.48. The third-order valence-corrected chi connectivity index (χ3v) is 2.34. The lowest BCUT2D eigenvalue weighted by Gasteiger charge is -2.01. The first kappa shape index (κ1) is 8.42. The van der Waals surface area contributed by atoms with Crippen molar-refractivity contribution in [2.24, 2.45) is 0 Å². The molecule has 0 unspecified atom stereocenters. The zero-order valence-corrected chi connectivity index (χ0v) is 8.53. The minimum Gasteiger partial charge on any atom is -0.295 e. The Balaban J connectivity index is 2.34. The molecule has 1 heteroatoms. The normalized spacial score (nSPS) is 10.9. The molecule has 0 heterocycles. The third kappa shape index (κ3) is 2.13. The van der Waals surface area contributed by atoms with Gasteiger partial charge < -0.3 is 0 Å². The third-order valence-electron chi connectivity index (χ3n) is 2.34. The molecule has 0 aromatic heterocycles. The van der Waals surface area contributed by atoms with Gasteiger partial charge in [0.1, 0.15) is 0 Å². The molecule has 0 saturated heterocycles. The summed E-state index contributed by atoms with van der Waals surface area (Å²) in [5.41, 5.74) is 2.84. The molecule has 2 aromatic rings. The van der Waals surface area contributed by atoms with Crippen molar-refractivity contribution in [1.29, 1.82) is 0 Å². The molecule has 0 aliphatic carbocycles. The predicted molar refractivity (Wildman–Crippen MR) is 61.9 cm³/mol. The highest BCUT2D eigenvalue weighted by Gasteiger charge is 1.99. The van der Waals surface area contributed by atoms with Crippen LogP contribution in [-0.4, -0.2) is 5.78 Å². The summed E-state index contributed by atoms with van der Waals surface area (Å²) in [6, 6.07) is 15.3. The second kappa shape index (κ2) is 4.09. The molecule has 0 aliphatic heterocycles. The Morgan fingerprint density at radius 3 is 2.07 bits per heavy atom. The van der Waals surface area contributed by atoms with E-state index in [0.29, 0.717) is 6.04 Å². The summed E-state index contributed by atoms with van der Waals surface area (Å²) in [4.78, 5) is 11.1. The molecule has 0 saturated carbocycles. The van der Waals surface area contributed by atoms with Gasteiger partial charge >= 0.3 is 0 Å². The van der Waals surface area contributed by atoms with E-state index in [1.54, 1.807) is 19.1 Å². The van der Waals surface area contributed by atoms with Crippen LogP contribution in [0.1, 0.15) is 18.7 Å². The fraction of sp³-hybridized carbons (Fsp3) is 0.0714. The van der Waals surface area contributed by atoms with Crippen molar-refractivity contribution in [3.63, 3.8) is 0 Å². The molecule has 0 fully saturated rings. The summed E-state index contributed by atoms with van der Waals surface area (Å²) >= 11 is 0. The van der Waals surface area contributed by atoms with Gasteiger partial charge in [0.05, 0.1) is 1.37 Å². The fourth-order valence-electron chi connectivity index (χ4n) is 1.48. The van der Waals surface area contributed by atoms with Crippen molar-refractivity contribution in [2.45, 2.75) is 6.92 Å². The van der Waals surface area contributed by atoms with Gasteiger partial charge in [-0.15, -0.1) is 0 Å². The first-order chi connectivity index (χ1) is 7.66. The van der Waals surface area contributed by atoms with E-state index >= 15 is 0 Å². The molecule has 0 bridgehead atoms. The maximum absolute atomic E-state index is 11.1. The number of hydrogen-bond donors (Lipinski definition) is 0. The van der Waals surface area contributed by atoms with Gasteiger partial charge in [0.15, 0.2) is 5.78 Å². The monoisotopic (exact) mass is 197 g/mol. The Hall–Kier alpha value is -1.89. The Morgan fingerprint density at radius 1 is 1.00 bits per heavy atom. The van der Waals surface area contributed by atoms with Crippen molar-refractivity contribution in [3.8, 4) is 11.1 Å². The predicted octanol–water partition coefficient (Wildman–Crippen LogP) is 3.56. The molecule has 0 radical (unpaired) electrons. The lowest BCUT2D eigenvalue weighted by atomic mass is 10.0. The van der Waals surface area contributed by atoms with Crippen LogP contribution in [0.4, 0.5) is 0 Å². The van der Waals surface area contributed by atoms with E-state index in [1.165, 1.54) is 0 Å². The van der Waals surface area contributed by atoms with Crippen LogP contribution in [0.25, 0.3) is 11.1 Å². The zero-order valence-electron chi connectivity index (χ0n) is 9.53. The number of Topliss-reactive ketones (excluding diaryl/α,β-unsaturated/α-hetero) is 1. The Bertz CT molecular complexity index is 497. The number of benzene rings is 2. The number of carbonyl (C=O) groups excluding carboxylic acids is 1. The standard InChI is InChI=1S/C14H12O/c1-11(15)12-7-9-14(10-8-12)13-5-3-2-4-6-13/h2-10H,1H3/i2D. The van der Waals surface area contributed by atoms with Crippen molar-refractivity contribution in [2.75, 3.05) is 0 Å². The largest absolute Gasteiger partial charge is 0.295 e. The maximum atomic E-state index is 11.1. The molecule has 2 aromatic carbocycles. The maximum Gasteiger partial charge on any atom is 0.159 e. The zero-order chi connectivity index (χ0) is 11.5. The highest BCUT2D eigenvalue weighted by molar-refractivity contribution is 5.94. The average molecular weight is 197 g/mol. The van der Waals surface area contributed by atoms with Crippen molar-refractivity contribution >= 4 is 5.78 Å². The molecular weight excluding hydrogens is 184 g/mol. The summed E-state index contributed by atoms with van der Waals surface area (Å²) in [7, 11) is 0. The Kier molecular flexibility index (Phi) is 2.30. The van der Waals surface area contributed by atoms with Crippen LogP contribution in [0.5, 0.6) is 0 Å². The average Bonchev–Trinajstić information content (AvgIpc) is 2.30. The van der Waals surface area contributed by atoms with E-state index in [2.05, 4.69) is 0 Å². The molecule has 0 spiro atoms. The molecule has 1 nitrogen and oxygen atoms in total. The van der Waals surface area contributed by atoms with Gasteiger partial charge in [-0.2, -0.15) is 0 Å². The van der Waals surface area contributed by atoms with E-state index in [1.807, 2.05) is 36.4 Å². The lowest BCUT2D eigenvalue weighted by Crippen LogP contribution is -1.90. The van der Waals surface area contributed by atoms with E-state index in [-0.39, 0.29) is 5.78 Å². The van der Waals surface area contributed by atoms with Gasteiger partial charge in [0, 0.05) is 5.56 Å². The molecular formula is C14H12O. The molecule has 2 rings (SSSR count). The molecule has 0 aliphatic rings. The quantitative estimate of drug-likeness (QED) is 0.673. The molecule has 0 N–H and O–H groups in total. The van der Waals surface area contributed by atoms with Crippen LogP contribution >= 0.6 is 0 Å². The van der Waals surface area contributed by atoms with Crippen molar-refractivity contribution in [1.82, 2.24) is 0 Å². The first-order valence-electron chi connectivity index (χ1n) is 5.35. The van der Waals surface area contributed by atoms with Crippen LogP contribution in [0.2, 0.25) is 0 Å². The minimum absolute atomic E-state index is 0.0769. The van der Waals surface area contributed by atoms with Crippen LogP contribution in [-0.2, 0) is 0 Å². The van der Waals surface area contributed by atoms with E-state index in [0.717, 1.165) is 16.7 Å². The minimum atomic E-state index is 0.0769. The van der Waals surface area contributed by atoms with Gasteiger partial charge in [-0.3, -0.25) is 4.79 Å². The first-order valence-corrected chi connectivity index (χ1v) is 4.85. The van der Waals surface area contributed by atoms with E-state index < -0.39 is 0 Å². The van der Waals surface area contributed by atoms with E-state index in [9.17, 15) is 4.79 Å². The summed E-state index contributed by atoms with van der Waals surface area (Å²) in [5, 5.41) is 0. The lowest BCUT2D eigenvalue weighted by molar-refractivity contribution is 0.101. The van der Waals surface area contributed by atoms with Crippen LogP contribution < -0.4 is 0 Å². The van der Waals surface area contributed by atoms with Gasteiger partial charge in [-0.25, -0.2) is 0 Å². The second-order valence-electron chi connectivity index (χ2n) is 3.42. The number of hydrogen-bond acceptors (Lipinski definition) is 1.